The van der Waals surface area contributed by atoms with E-state index in [9.17, 15) is 9.59 Å². The summed E-state index contributed by atoms with van der Waals surface area (Å²) in [7, 11) is 0. The number of anilines is 2. The number of rotatable bonds is 3. The summed E-state index contributed by atoms with van der Waals surface area (Å²) in [5.41, 5.74) is 7.96. The maximum Gasteiger partial charge on any atom is 0.229 e. The van der Waals surface area contributed by atoms with Gasteiger partial charge < -0.3 is 16.4 Å². The molecule has 0 radical (unpaired) electrons. The van der Waals surface area contributed by atoms with E-state index in [0.717, 1.165) is 42.6 Å². The molecule has 1 fully saturated rings. The van der Waals surface area contributed by atoms with Gasteiger partial charge in [0, 0.05) is 28.7 Å². The van der Waals surface area contributed by atoms with Crippen molar-refractivity contribution in [1.29, 1.82) is 0 Å². The van der Waals surface area contributed by atoms with Crippen LogP contribution in [0.1, 0.15) is 52.0 Å². The minimum Gasteiger partial charge on any atom is -0.328 e. The zero-order chi connectivity index (χ0) is 17.9. The lowest BCUT2D eigenvalue weighted by Crippen LogP contribution is -2.34. The molecule has 0 saturated heterocycles. The first-order chi connectivity index (χ1) is 11.2. The normalized spacial score (nSPS) is 21.2. The Morgan fingerprint density at radius 2 is 1.88 bits per heavy atom. The lowest BCUT2D eigenvalue weighted by molar-refractivity contribution is -0.123. The third kappa shape index (κ3) is 4.81. The molecule has 0 heterocycles. The number of aryl methyl sites for hydroxylation is 1. The molecule has 1 aliphatic rings. The second-order valence-electron chi connectivity index (χ2n) is 7.85. The fraction of sp³-hybridized carbons (Fsp3) is 0.579. The monoisotopic (exact) mass is 331 g/mol. The molecule has 0 aliphatic heterocycles. The SMILES string of the molecule is Cc1cc(NC(=O)[C@@H]2CCC[C@H](N)C2)ccc1NC(=O)C(C)(C)C. The average Bonchev–Trinajstić information content (AvgIpc) is 2.49. The van der Waals surface area contributed by atoms with E-state index in [1.165, 1.54) is 0 Å². The lowest BCUT2D eigenvalue weighted by atomic mass is 9.85. The molecule has 0 unspecified atom stereocenters. The first-order valence-corrected chi connectivity index (χ1v) is 8.65. The van der Waals surface area contributed by atoms with Crippen LogP contribution in [0.3, 0.4) is 0 Å². The molecule has 1 aliphatic carbocycles. The zero-order valence-electron chi connectivity index (χ0n) is 15.1. The predicted molar refractivity (Wildman–Crippen MR) is 97.8 cm³/mol. The van der Waals surface area contributed by atoms with Crippen molar-refractivity contribution < 1.29 is 9.59 Å². The summed E-state index contributed by atoms with van der Waals surface area (Å²) in [4.78, 5) is 24.5. The molecule has 4 N–H and O–H groups in total. The number of carbonyl (C=O) groups excluding carboxylic acids is 2. The molecule has 5 heteroatoms. The molecule has 1 saturated carbocycles. The second-order valence-corrected chi connectivity index (χ2v) is 7.85. The first kappa shape index (κ1) is 18.5. The molecule has 132 valence electrons. The van der Waals surface area contributed by atoms with Gasteiger partial charge in [-0.2, -0.15) is 0 Å². The van der Waals surface area contributed by atoms with Crippen LogP contribution >= 0.6 is 0 Å². The lowest BCUT2D eigenvalue weighted by Gasteiger charge is -2.25. The summed E-state index contributed by atoms with van der Waals surface area (Å²) in [6.07, 6.45) is 3.67. The quantitative estimate of drug-likeness (QED) is 0.793. The van der Waals surface area contributed by atoms with Gasteiger partial charge in [0.25, 0.3) is 0 Å². The molecule has 2 atom stereocenters. The van der Waals surface area contributed by atoms with Crippen molar-refractivity contribution in [3.8, 4) is 0 Å². The van der Waals surface area contributed by atoms with Crippen molar-refractivity contribution in [2.45, 2.75) is 59.4 Å². The van der Waals surface area contributed by atoms with Crippen LogP contribution in [-0.4, -0.2) is 17.9 Å². The van der Waals surface area contributed by atoms with E-state index in [4.69, 9.17) is 5.73 Å². The Morgan fingerprint density at radius 1 is 1.17 bits per heavy atom. The van der Waals surface area contributed by atoms with Gasteiger partial charge in [-0.25, -0.2) is 0 Å². The molecule has 1 aromatic rings. The van der Waals surface area contributed by atoms with Gasteiger partial charge in [-0.3, -0.25) is 9.59 Å². The first-order valence-electron chi connectivity index (χ1n) is 8.65. The van der Waals surface area contributed by atoms with Gasteiger partial charge in [-0.1, -0.05) is 27.2 Å². The van der Waals surface area contributed by atoms with Crippen molar-refractivity contribution in [1.82, 2.24) is 0 Å². The van der Waals surface area contributed by atoms with Crippen molar-refractivity contribution in [3.63, 3.8) is 0 Å². The molecule has 0 bridgehead atoms. The van der Waals surface area contributed by atoms with Gasteiger partial charge in [-0.15, -0.1) is 0 Å². The molecule has 2 rings (SSSR count). The minimum atomic E-state index is -0.445. The molecule has 2 amide bonds. The highest BCUT2D eigenvalue weighted by Crippen LogP contribution is 2.26. The molecule has 0 spiro atoms. The number of nitrogens with two attached hydrogens (primary N) is 1. The van der Waals surface area contributed by atoms with Crippen LogP contribution in [-0.2, 0) is 9.59 Å². The molecular formula is C19H29N3O2. The molecule has 1 aromatic carbocycles. The summed E-state index contributed by atoms with van der Waals surface area (Å²) < 4.78 is 0. The highest BCUT2D eigenvalue weighted by molar-refractivity contribution is 5.96. The van der Waals surface area contributed by atoms with Crippen molar-refractivity contribution >= 4 is 23.2 Å². The number of benzene rings is 1. The predicted octanol–water partition coefficient (Wildman–Crippen LogP) is 3.44. The molecule has 0 aromatic heterocycles. The van der Waals surface area contributed by atoms with Gasteiger partial charge >= 0.3 is 0 Å². The highest BCUT2D eigenvalue weighted by Gasteiger charge is 2.25. The summed E-state index contributed by atoms with van der Waals surface area (Å²) in [5, 5.41) is 5.91. The Kier molecular flexibility index (Phi) is 5.65. The third-order valence-electron chi connectivity index (χ3n) is 4.51. The van der Waals surface area contributed by atoms with Gasteiger partial charge in [-0.05, 0) is 49.9 Å². The van der Waals surface area contributed by atoms with E-state index in [2.05, 4.69) is 10.6 Å². The third-order valence-corrected chi connectivity index (χ3v) is 4.51. The summed E-state index contributed by atoms with van der Waals surface area (Å²) in [6.45, 7) is 7.55. The maximum absolute atomic E-state index is 12.4. The Bertz CT molecular complexity index is 620. The van der Waals surface area contributed by atoms with E-state index >= 15 is 0 Å². The van der Waals surface area contributed by atoms with Crippen molar-refractivity contribution in [2.75, 3.05) is 10.6 Å². The van der Waals surface area contributed by atoms with Crippen molar-refractivity contribution in [3.05, 3.63) is 23.8 Å². The number of hydrogen-bond donors (Lipinski definition) is 3. The second kappa shape index (κ2) is 7.34. The van der Waals surface area contributed by atoms with Gasteiger partial charge in [0.15, 0.2) is 0 Å². The van der Waals surface area contributed by atoms with Crippen molar-refractivity contribution in [2.24, 2.45) is 17.1 Å². The minimum absolute atomic E-state index is 0.00525. The standard InChI is InChI=1S/C19H29N3O2/c1-12-10-15(8-9-16(12)22-18(24)19(2,3)4)21-17(23)13-6-5-7-14(20)11-13/h8-10,13-14H,5-7,11,20H2,1-4H3,(H,21,23)(H,22,24)/t13-,14+/m1/s1. The van der Waals surface area contributed by atoms with E-state index in [1.54, 1.807) is 0 Å². The summed E-state index contributed by atoms with van der Waals surface area (Å²) in [5.74, 6) is 0.00364. The van der Waals surface area contributed by atoms with E-state index in [0.29, 0.717) is 0 Å². The largest absolute Gasteiger partial charge is 0.328 e. The van der Waals surface area contributed by atoms with Crippen LogP contribution in [0.5, 0.6) is 0 Å². The number of nitrogens with one attached hydrogen (secondary N) is 2. The highest BCUT2D eigenvalue weighted by atomic mass is 16.2. The Morgan fingerprint density at radius 3 is 2.46 bits per heavy atom. The molecular weight excluding hydrogens is 302 g/mol. The topological polar surface area (TPSA) is 84.2 Å². The van der Waals surface area contributed by atoms with Crippen LogP contribution in [0.4, 0.5) is 11.4 Å². The van der Waals surface area contributed by atoms with Crippen LogP contribution in [0.2, 0.25) is 0 Å². The zero-order valence-corrected chi connectivity index (χ0v) is 15.1. The summed E-state index contributed by atoms with van der Waals surface area (Å²) in [6, 6.07) is 5.68. The summed E-state index contributed by atoms with van der Waals surface area (Å²) >= 11 is 0. The van der Waals surface area contributed by atoms with Crippen LogP contribution < -0.4 is 16.4 Å². The van der Waals surface area contributed by atoms with E-state index in [1.807, 2.05) is 45.9 Å². The Hall–Kier alpha value is -1.88. The van der Waals surface area contributed by atoms with Gasteiger partial charge in [0.1, 0.15) is 0 Å². The Labute approximate surface area is 144 Å². The molecule has 5 nitrogen and oxygen atoms in total. The van der Waals surface area contributed by atoms with Crippen LogP contribution in [0, 0.1) is 18.3 Å². The van der Waals surface area contributed by atoms with Gasteiger partial charge in [0.05, 0.1) is 0 Å². The fourth-order valence-corrected chi connectivity index (χ4v) is 2.90. The number of carbonyl (C=O) groups is 2. The van der Waals surface area contributed by atoms with E-state index < -0.39 is 5.41 Å². The average molecular weight is 331 g/mol. The fourth-order valence-electron chi connectivity index (χ4n) is 2.90. The molecule has 24 heavy (non-hydrogen) atoms. The van der Waals surface area contributed by atoms with Crippen LogP contribution in [0.15, 0.2) is 18.2 Å². The van der Waals surface area contributed by atoms with Gasteiger partial charge in [0.2, 0.25) is 11.8 Å². The van der Waals surface area contributed by atoms with E-state index in [-0.39, 0.29) is 23.8 Å². The Balaban J connectivity index is 2.01. The maximum atomic E-state index is 12.4. The number of hydrogen-bond acceptors (Lipinski definition) is 3. The smallest absolute Gasteiger partial charge is 0.229 e. The number of amides is 2. The van der Waals surface area contributed by atoms with Crippen LogP contribution in [0.25, 0.3) is 0 Å².